The first-order valence-corrected chi connectivity index (χ1v) is 5.80. The summed E-state index contributed by atoms with van der Waals surface area (Å²) < 4.78 is 1.58. The van der Waals surface area contributed by atoms with Crippen LogP contribution in [0.15, 0.2) is 29.1 Å². The molecule has 2 aromatic rings. The van der Waals surface area contributed by atoms with Gasteiger partial charge in [-0.25, -0.2) is 0 Å². The summed E-state index contributed by atoms with van der Waals surface area (Å²) >= 11 is 0. The van der Waals surface area contributed by atoms with Crippen LogP contribution < -0.4 is 5.56 Å². The monoisotopic (exact) mass is 245 g/mol. The minimum absolute atomic E-state index is 0.0212. The second kappa shape index (κ2) is 4.64. The lowest BCUT2D eigenvalue weighted by Crippen LogP contribution is -2.21. The summed E-state index contributed by atoms with van der Waals surface area (Å²) in [5.74, 6) is -0.888. The fourth-order valence-electron chi connectivity index (χ4n) is 2.06. The van der Waals surface area contributed by atoms with Crippen LogP contribution in [0.25, 0.3) is 10.9 Å². The summed E-state index contributed by atoms with van der Waals surface area (Å²) in [5.41, 5.74) is 2.40. The Morgan fingerprint density at radius 3 is 2.72 bits per heavy atom. The number of carbonyl (C=O) groups is 1. The zero-order valence-electron chi connectivity index (χ0n) is 10.4. The van der Waals surface area contributed by atoms with Gasteiger partial charge in [-0.1, -0.05) is 12.1 Å². The smallest absolute Gasteiger partial charge is 0.303 e. The minimum Gasteiger partial charge on any atom is -0.481 e. The number of hydrogen-bond acceptors (Lipinski definition) is 2. The lowest BCUT2D eigenvalue weighted by Gasteiger charge is -2.08. The normalized spacial score (nSPS) is 10.8. The molecule has 0 aliphatic heterocycles. The zero-order valence-corrected chi connectivity index (χ0v) is 10.4. The molecule has 0 saturated carbocycles. The van der Waals surface area contributed by atoms with Crippen molar-refractivity contribution in [2.75, 3.05) is 0 Å². The van der Waals surface area contributed by atoms with E-state index in [-0.39, 0.29) is 18.4 Å². The molecular weight excluding hydrogens is 230 g/mol. The van der Waals surface area contributed by atoms with Crippen LogP contribution in [-0.4, -0.2) is 15.6 Å². The number of hydrogen-bond donors (Lipinski definition) is 1. The number of carboxylic acids is 1. The highest BCUT2D eigenvalue weighted by Gasteiger charge is 2.08. The molecule has 4 heteroatoms. The first-order valence-electron chi connectivity index (χ1n) is 5.80. The van der Waals surface area contributed by atoms with Gasteiger partial charge in [-0.05, 0) is 36.4 Å². The maximum atomic E-state index is 12.1. The van der Waals surface area contributed by atoms with Gasteiger partial charge in [-0.15, -0.1) is 0 Å². The third kappa shape index (κ3) is 2.27. The van der Waals surface area contributed by atoms with Gasteiger partial charge < -0.3 is 9.67 Å². The van der Waals surface area contributed by atoms with Crippen LogP contribution in [0, 0.1) is 6.92 Å². The Kier molecular flexibility index (Phi) is 3.19. The lowest BCUT2D eigenvalue weighted by molar-refractivity contribution is -0.136. The quantitative estimate of drug-likeness (QED) is 0.898. The summed E-state index contributed by atoms with van der Waals surface area (Å²) in [4.78, 5) is 22.6. The van der Waals surface area contributed by atoms with Gasteiger partial charge >= 0.3 is 5.97 Å². The van der Waals surface area contributed by atoms with Gasteiger partial charge in [0.15, 0.2) is 0 Å². The highest BCUT2D eigenvalue weighted by molar-refractivity contribution is 5.80. The van der Waals surface area contributed by atoms with Crippen molar-refractivity contribution >= 4 is 16.9 Å². The van der Waals surface area contributed by atoms with Gasteiger partial charge in [0, 0.05) is 19.0 Å². The molecular formula is C14H15NO3. The first kappa shape index (κ1) is 12.4. The van der Waals surface area contributed by atoms with E-state index in [1.54, 1.807) is 17.7 Å². The number of pyridine rings is 1. The van der Waals surface area contributed by atoms with E-state index in [2.05, 4.69) is 0 Å². The van der Waals surface area contributed by atoms with Crippen LogP contribution in [-0.2, 0) is 18.3 Å². The van der Waals surface area contributed by atoms with Crippen molar-refractivity contribution in [2.24, 2.45) is 7.05 Å². The van der Waals surface area contributed by atoms with E-state index in [0.29, 0.717) is 5.56 Å². The molecule has 0 atom stereocenters. The van der Waals surface area contributed by atoms with Gasteiger partial charge in [-0.3, -0.25) is 9.59 Å². The number of nitrogens with zero attached hydrogens (tertiary/aromatic N) is 1. The number of rotatable bonds is 3. The predicted octanol–water partition coefficient (Wildman–Crippen LogP) is 1.86. The summed E-state index contributed by atoms with van der Waals surface area (Å²) in [6.07, 6.45) is 0.248. The van der Waals surface area contributed by atoms with Crippen LogP contribution in [0.4, 0.5) is 0 Å². The summed E-state index contributed by atoms with van der Waals surface area (Å²) in [6.45, 7) is 1.97. The second-order valence-electron chi connectivity index (χ2n) is 4.49. The van der Waals surface area contributed by atoms with E-state index < -0.39 is 5.97 Å². The van der Waals surface area contributed by atoms with Crippen LogP contribution in [0.5, 0.6) is 0 Å². The topological polar surface area (TPSA) is 59.3 Å². The summed E-state index contributed by atoms with van der Waals surface area (Å²) in [7, 11) is 1.72. The fraction of sp³-hybridized carbons (Fsp3) is 0.286. The molecule has 2 rings (SSSR count). The maximum absolute atomic E-state index is 12.1. The standard InChI is InChI=1S/C14H15NO3/c1-9-3-4-10-8-11(5-6-13(16)17)14(18)15(2)12(10)7-9/h3-4,7-8H,5-6H2,1-2H3,(H,16,17). The molecule has 1 aromatic carbocycles. The molecule has 0 aliphatic rings. The molecule has 0 spiro atoms. The molecule has 1 aromatic heterocycles. The van der Waals surface area contributed by atoms with Crippen molar-refractivity contribution in [3.05, 3.63) is 45.7 Å². The van der Waals surface area contributed by atoms with Crippen molar-refractivity contribution in [1.29, 1.82) is 0 Å². The summed E-state index contributed by atoms with van der Waals surface area (Å²) in [5, 5.41) is 9.64. The molecule has 1 heterocycles. The fourth-order valence-corrected chi connectivity index (χ4v) is 2.06. The highest BCUT2D eigenvalue weighted by Crippen LogP contribution is 2.15. The molecule has 1 N–H and O–H groups in total. The Balaban J connectivity index is 2.57. The molecule has 0 bridgehead atoms. The molecule has 4 nitrogen and oxygen atoms in total. The lowest BCUT2D eigenvalue weighted by atomic mass is 10.1. The molecule has 0 unspecified atom stereocenters. The molecule has 0 fully saturated rings. The Labute approximate surface area is 104 Å². The Morgan fingerprint density at radius 2 is 2.06 bits per heavy atom. The van der Waals surface area contributed by atoms with Crippen molar-refractivity contribution < 1.29 is 9.90 Å². The van der Waals surface area contributed by atoms with Crippen molar-refractivity contribution in [2.45, 2.75) is 19.8 Å². The van der Waals surface area contributed by atoms with E-state index in [4.69, 9.17) is 5.11 Å². The van der Waals surface area contributed by atoms with Crippen LogP contribution in [0.2, 0.25) is 0 Å². The number of aryl methyl sites for hydroxylation is 3. The van der Waals surface area contributed by atoms with Gasteiger partial charge in [-0.2, -0.15) is 0 Å². The van der Waals surface area contributed by atoms with Crippen molar-refractivity contribution in [3.8, 4) is 0 Å². The maximum Gasteiger partial charge on any atom is 0.303 e. The van der Waals surface area contributed by atoms with E-state index in [1.165, 1.54) is 0 Å². The van der Waals surface area contributed by atoms with Crippen LogP contribution in [0.3, 0.4) is 0 Å². The van der Waals surface area contributed by atoms with Gasteiger partial charge in [0.05, 0.1) is 5.52 Å². The third-order valence-electron chi connectivity index (χ3n) is 3.06. The second-order valence-corrected chi connectivity index (χ2v) is 4.49. The number of fused-ring (bicyclic) bond motifs is 1. The molecule has 18 heavy (non-hydrogen) atoms. The predicted molar refractivity (Wildman–Crippen MR) is 69.9 cm³/mol. The molecule has 94 valence electrons. The minimum atomic E-state index is -0.888. The number of aliphatic carboxylic acids is 1. The SMILES string of the molecule is Cc1ccc2cc(CCC(=O)O)c(=O)n(C)c2c1. The van der Waals surface area contributed by atoms with E-state index >= 15 is 0 Å². The van der Waals surface area contributed by atoms with E-state index in [9.17, 15) is 9.59 Å². The highest BCUT2D eigenvalue weighted by atomic mass is 16.4. The zero-order chi connectivity index (χ0) is 13.3. The average Bonchev–Trinajstić information content (AvgIpc) is 2.32. The Hall–Kier alpha value is -2.10. The largest absolute Gasteiger partial charge is 0.481 e. The average molecular weight is 245 g/mol. The number of benzene rings is 1. The van der Waals surface area contributed by atoms with Gasteiger partial charge in [0.2, 0.25) is 0 Å². The number of carboxylic acid groups (broad SMARTS) is 1. The molecule has 0 aliphatic carbocycles. The Morgan fingerprint density at radius 1 is 1.33 bits per heavy atom. The van der Waals surface area contributed by atoms with Gasteiger partial charge in [0.1, 0.15) is 0 Å². The van der Waals surface area contributed by atoms with E-state index in [0.717, 1.165) is 16.5 Å². The van der Waals surface area contributed by atoms with E-state index in [1.807, 2.05) is 25.1 Å². The molecule has 0 radical (unpaired) electrons. The third-order valence-corrected chi connectivity index (χ3v) is 3.06. The molecule has 0 amide bonds. The van der Waals surface area contributed by atoms with Crippen molar-refractivity contribution in [3.63, 3.8) is 0 Å². The van der Waals surface area contributed by atoms with Crippen LogP contribution in [0.1, 0.15) is 17.5 Å². The van der Waals surface area contributed by atoms with Gasteiger partial charge in [0.25, 0.3) is 5.56 Å². The van der Waals surface area contributed by atoms with Crippen LogP contribution >= 0.6 is 0 Å². The van der Waals surface area contributed by atoms with Crippen molar-refractivity contribution in [1.82, 2.24) is 4.57 Å². The molecule has 0 saturated heterocycles. The summed E-state index contributed by atoms with van der Waals surface area (Å²) in [6, 6.07) is 7.68. The first-order chi connectivity index (χ1) is 8.49. The number of aromatic nitrogens is 1. The Bertz CT molecular complexity index is 671.